The maximum Gasteiger partial charge on any atom is 0.223 e. The summed E-state index contributed by atoms with van der Waals surface area (Å²) in [5, 5.41) is 0. The molecule has 1 fully saturated rings. The quantitative estimate of drug-likeness (QED) is 0.844. The monoisotopic (exact) mass is 292 g/mol. The van der Waals surface area contributed by atoms with E-state index in [2.05, 4.69) is 0 Å². The van der Waals surface area contributed by atoms with Crippen molar-refractivity contribution in [2.75, 3.05) is 19.6 Å². The van der Waals surface area contributed by atoms with E-state index in [1.807, 2.05) is 4.90 Å². The van der Waals surface area contributed by atoms with Crippen molar-refractivity contribution in [1.82, 2.24) is 4.90 Å². The lowest BCUT2D eigenvalue weighted by Crippen LogP contribution is -2.40. The molecule has 1 amide bonds. The van der Waals surface area contributed by atoms with Gasteiger partial charge in [0.1, 0.15) is 5.82 Å². The third-order valence-electron chi connectivity index (χ3n) is 4.03. The molecular formula is C16H21FN2O2. The second kappa shape index (κ2) is 7.31. The highest BCUT2D eigenvalue weighted by Gasteiger charge is 2.22. The van der Waals surface area contributed by atoms with Crippen LogP contribution in [0.3, 0.4) is 0 Å². The Labute approximate surface area is 124 Å². The van der Waals surface area contributed by atoms with Crippen LogP contribution in [0.2, 0.25) is 0 Å². The SMILES string of the molecule is NCC1CCN(C(=O)CCC(=O)c2ccc(F)cc2)CC1. The van der Waals surface area contributed by atoms with E-state index in [-0.39, 0.29) is 30.3 Å². The fourth-order valence-corrected chi connectivity index (χ4v) is 2.58. The number of amides is 1. The zero-order valence-corrected chi connectivity index (χ0v) is 12.1. The van der Waals surface area contributed by atoms with E-state index < -0.39 is 0 Å². The molecule has 1 aromatic rings. The molecule has 0 bridgehead atoms. The summed E-state index contributed by atoms with van der Waals surface area (Å²) < 4.78 is 12.8. The number of hydrogen-bond donors (Lipinski definition) is 1. The van der Waals surface area contributed by atoms with Gasteiger partial charge in [-0.05, 0) is 49.6 Å². The highest BCUT2D eigenvalue weighted by molar-refractivity contribution is 5.97. The second-order valence-electron chi connectivity index (χ2n) is 5.49. The van der Waals surface area contributed by atoms with Crippen LogP contribution < -0.4 is 5.73 Å². The molecule has 21 heavy (non-hydrogen) atoms. The number of nitrogens with zero attached hydrogens (tertiary/aromatic N) is 1. The lowest BCUT2D eigenvalue weighted by atomic mass is 9.96. The molecule has 0 saturated carbocycles. The molecule has 0 aliphatic carbocycles. The van der Waals surface area contributed by atoms with E-state index in [0.29, 0.717) is 18.0 Å². The predicted octanol–water partition coefficient (Wildman–Crippen LogP) is 1.99. The molecule has 2 rings (SSSR count). The van der Waals surface area contributed by atoms with E-state index in [1.54, 1.807) is 0 Å². The number of likely N-dealkylation sites (tertiary alicyclic amines) is 1. The van der Waals surface area contributed by atoms with Crippen molar-refractivity contribution in [3.63, 3.8) is 0 Å². The standard InChI is InChI=1S/C16H21FN2O2/c17-14-3-1-13(2-4-14)15(20)5-6-16(21)19-9-7-12(11-18)8-10-19/h1-4,12H,5-11,18H2. The molecule has 0 atom stereocenters. The number of hydrogen-bond acceptors (Lipinski definition) is 3. The molecule has 114 valence electrons. The molecule has 1 saturated heterocycles. The Hall–Kier alpha value is -1.75. The number of rotatable bonds is 5. The van der Waals surface area contributed by atoms with Gasteiger partial charge in [-0.1, -0.05) is 0 Å². The Morgan fingerprint density at radius 2 is 1.76 bits per heavy atom. The highest BCUT2D eigenvalue weighted by Crippen LogP contribution is 2.17. The van der Waals surface area contributed by atoms with Gasteiger partial charge in [-0.3, -0.25) is 9.59 Å². The van der Waals surface area contributed by atoms with Gasteiger partial charge >= 0.3 is 0 Å². The summed E-state index contributed by atoms with van der Waals surface area (Å²) in [7, 11) is 0. The molecule has 4 nitrogen and oxygen atoms in total. The number of halogens is 1. The van der Waals surface area contributed by atoms with Gasteiger partial charge in [-0.25, -0.2) is 4.39 Å². The third-order valence-corrected chi connectivity index (χ3v) is 4.03. The minimum absolute atomic E-state index is 0.0148. The fourth-order valence-electron chi connectivity index (χ4n) is 2.58. The van der Waals surface area contributed by atoms with E-state index >= 15 is 0 Å². The van der Waals surface area contributed by atoms with Gasteiger partial charge in [-0.2, -0.15) is 0 Å². The first kappa shape index (κ1) is 15.6. The number of Topliss-reactive ketones (excluding diaryl/α,β-unsaturated/α-hetero) is 1. The second-order valence-corrected chi connectivity index (χ2v) is 5.49. The third kappa shape index (κ3) is 4.36. The first-order valence-corrected chi connectivity index (χ1v) is 7.36. The van der Waals surface area contributed by atoms with Crippen molar-refractivity contribution in [3.8, 4) is 0 Å². The van der Waals surface area contributed by atoms with Crippen molar-refractivity contribution in [2.24, 2.45) is 11.7 Å². The number of benzene rings is 1. The Kier molecular flexibility index (Phi) is 5.44. The van der Waals surface area contributed by atoms with Crippen LogP contribution in [0.25, 0.3) is 0 Å². The molecule has 1 aliphatic rings. The molecule has 1 aromatic carbocycles. The summed E-state index contributed by atoms with van der Waals surface area (Å²) >= 11 is 0. The van der Waals surface area contributed by atoms with Crippen LogP contribution in [0.4, 0.5) is 4.39 Å². The van der Waals surface area contributed by atoms with Crippen LogP contribution in [0.1, 0.15) is 36.0 Å². The first-order chi connectivity index (χ1) is 10.1. The van der Waals surface area contributed by atoms with Gasteiger partial charge in [0.2, 0.25) is 5.91 Å². The normalized spacial score (nSPS) is 16.0. The van der Waals surface area contributed by atoms with Crippen LogP contribution in [0, 0.1) is 11.7 Å². The number of piperidine rings is 1. The van der Waals surface area contributed by atoms with Gasteiger partial charge < -0.3 is 10.6 Å². The molecule has 2 N–H and O–H groups in total. The summed E-state index contributed by atoms with van der Waals surface area (Å²) in [5.74, 6) is 0.0291. The molecule has 0 aromatic heterocycles. The van der Waals surface area contributed by atoms with Crippen molar-refractivity contribution >= 4 is 11.7 Å². The maximum atomic E-state index is 12.8. The largest absolute Gasteiger partial charge is 0.343 e. The maximum absolute atomic E-state index is 12.8. The van der Waals surface area contributed by atoms with Crippen molar-refractivity contribution in [2.45, 2.75) is 25.7 Å². The Balaban J connectivity index is 1.78. The van der Waals surface area contributed by atoms with E-state index in [4.69, 9.17) is 5.73 Å². The zero-order chi connectivity index (χ0) is 15.2. The van der Waals surface area contributed by atoms with Crippen LogP contribution in [0.15, 0.2) is 24.3 Å². The lowest BCUT2D eigenvalue weighted by molar-refractivity contribution is -0.132. The molecule has 0 unspecified atom stereocenters. The smallest absolute Gasteiger partial charge is 0.223 e. The summed E-state index contributed by atoms with van der Waals surface area (Å²) in [6, 6.07) is 5.42. The number of ketones is 1. The van der Waals surface area contributed by atoms with E-state index in [1.165, 1.54) is 24.3 Å². The lowest BCUT2D eigenvalue weighted by Gasteiger charge is -2.31. The fraction of sp³-hybridized carbons (Fsp3) is 0.500. The van der Waals surface area contributed by atoms with Crippen molar-refractivity contribution < 1.29 is 14.0 Å². The molecule has 1 heterocycles. The van der Waals surface area contributed by atoms with Gasteiger partial charge in [0.05, 0.1) is 0 Å². The number of nitrogens with two attached hydrogens (primary N) is 1. The van der Waals surface area contributed by atoms with Crippen LogP contribution in [-0.4, -0.2) is 36.2 Å². The van der Waals surface area contributed by atoms with E-state index in [0.717, 1.165) is 25.9 Å². The Bertz CT molecular complexity index is 494. The summed E-state index contributed by atoms with van der Waals surface area (Å²) in [6.45, 7) is 2.13. The summed E-state index contributed by atoms with van der Waals surface area (Å²) in [6.07, 6.45) is 2.26. The molecule has 1 aliphatic heterocycles. The van der Waals surface area contributed by atoms with Crippen LogP contribution in [-0.2, 0) is 4.79 Å². The number of carbonyl (C=O) groups excluding carboxylic acids is 2. The van der Waals surface area contributed by atoms with Gasteiger partial charge in [0, 0.05) is 31.5 Å². The van der Waals surface area contributed by atoms with Crippen molar-refractivity contribution in [1.29, 1.82) is 0 Å². The minimum Gasteiger partial charge on any atom is -0.343 e. The average molecular weight is 292 g/mol. The van der Waals surface area contributed by atoms with Crippen LogP contribution >= 0.6 is 0 Å². The van der Waals surface area contributed by atoms with Gasteiger partial charge in [0.25, 0.3) is 0 Å². The predicted molar refractivity (Wildman–Crippen MR) is 78.3 cm³/mol. The minimum atomic E-state index is -0.370. The number of carbonyl (C=O) groups is 2. The van der Waals surface area contributed by atoms with Gasteiger partial charge in [0.15, 0.2) is 5.78 Å². The highest BCUT2D eigenvalue weighted by atomic mass is 19.1. The van der Waals surface area contributed by atoms with Crippen molar-refractivity contribution in [3.05, 3.63) is 35.6 Å². The summed E-state index contributed by atoms with van der Waals surface area (Å²) in [5.41, 5.74) is 6.07. The molecule has 0 radical (unpaired) electrons. The van der Waals surface area contributed by atoms with E-state index in [9.17, 15) is 14.0 Å². The molecule has 0 spiro atoms. The molecule has 5 heteroatoms. The van der Waals surface area contributed by atoms with Gasteiger partial charge in [-0.15, -0.1) is 0 Å². The van der Waals surface area contributed by atoms with Crippen LogP contribution in [0.5, 0.6) is 0 Å². The topological polar surface area (TPSA) is 63.4 Å². The molecular weight excluding hydrogens is 271 g/mol. The Morgan fingerprint density at radius 3 is 2.33 bits per heavy atom. The summed E-state index contributed by atoms with van der Waals surface area (Å²) in [4.78, 5) is 25.8. The Morgan fingerprint density at radius 1 is 1.14 bits per heavy atom. The first-order valence-electron chi connectivity index (χ1n) is 7.36. The zero-order valence-electron chi connectivity index (χ0n) is 12.1. The average Bonchev–Trinajstić information content (AvgIpc) is 2.53.